The summed E-state index contributed by atoms with van der Waals surface area (Å²) in [7, 11) is -1.62. The van der Waals surface area contributed by atoms with Gasteiger partial charge in [-0.2, -0.15) is 8.42 Å². The first-order valence-electron chi connectivity index (χ1n) is 15.5. The quantitative estimate of drug-likeness (QED) is 0.297. The van der Waals surface area contributed by atoms with Crippen molar-refractivity contribution >= 4 is 10.1 Å². The van der Waals surface area contributed by atoms with Gasteiger partial charge in [-0.1, -0.05) is 48.0 Å². The van der Waals surface area contributed by atoms with Crippen LogP contribution < -0.4 is 0 Å². The van der Waals surface area contributed by atoms with Crippen LogP contribution in [0.25, 0.3) is 0 Å². The van der Waals surface area contributed by atoms with Crippen LogP contribution in [0.1, 0.15) is 107 Å². The number of hydrogen-bond donors (Lipinski definition) is 0. The lowest BCUT2D eigenvalue weighted by Crippen LogP contribution is -2.57. The second-order valence-corrected chi connectivity index (χ2v) is 16.2. The van der Waals surface area contributed by atoms with Crippen LogP contribution in [0, 0.1) is 63.6 Å². The van der Waals surface area contributed by atoms with Crippen molar-refractivity contribution < 1.29 is 18.7 Å². The third-order valence-corrected chi connectivity index (χ3v) is 13.7. The Morgan fingerprint density at radius 3 is 2.36 bits per heavy atom. The molecule has 5 aliphatic rings. The molecule has 0 saturated heterocycles. The summed E-state index contributed by atoms with van der Waals surface area (Å²) in [6, 6.07) is 0. The van der Waals surface area contributed by atoms with Crippen LogP contribution in [0.5, 0.6) is 0 Å². The number of rotatable bonds is 9. The molecule has 1 spiro atoms. The predicted molar refractivity (Wildman–Crippen MR) is 146 cm³/mol. The van der Waals surface area contributed by atoms with E-state index >= 15 is 0 Å². The second-order valence-electron chi connectivity index (χ2n) is 14.6. The highest BCUT2D eigenvalue weighted by Crippen LogP contribution is 2.82. The largest absolute Gasteiger partial charge is 0.381 e. The lowest BCUT2D eigenvalue weighted by molar-refractivity contribution is -0.161. The van der Waals surface area contributed by atoms with Crippen molar-refractivity contribution in [2.75, 3.05) is 13.4 Å². The van der Waals surface area contributed by atoms with Crippen LogP contribution in [-0.2, 0) is 19.0 Å². The minimum Gasteiger partial charge on any atom is -0.381 e. The molecule has 0 aliphatic heterocycles. The molecular weight excluding hydrogens is 468 g/mol. The van der Waals surface area contributed by atoms with Gasteiger partial charge in [0.05, 0.1) is 18.5 Å². The van der Waals surface area contributed by atoms with Crippen LogP contribution >= 0.6 is 0 Å². The molecule has 0 bridgehead atoms. The normalized spacial score (nSPS) is 48.7. The van der Waals surface area contributed by atoms with Gasteiger partial charge in [-0.05, 0) is 116 Å². The van der Waals surface area contributed by atoms with E-state index in [4.69, 9.17) is 10.3 Å². The van der Waals surface area contributed by atoms with Crippen LogP contribution in [0.15, 0.2) is 0 Å². The Balaban J connectivity index is 1.37. The third-order valence-electron chi connectivity index (χ3n) is 13.1. The highest BCUT2D eigenvalue weighted by atomic mass is 32.2. The molecule has 4 unspecified atom stereocenters. The fourth-order valence-electron chi connectivity index (χ4n) is 11.6. The van der Waals surface area contributed by atoms with E-state index in [1.807, 2.05) is 21.0 Å². The van der Waals surface area contributed by atoms with E-state index in [9.17, 15) is 8.42 Å². The molecule has 5 saturated carbocycles. The van der Waals surface area contributed by atoms with Crippen molar-refractivity contribution in [3.63, 3.8) is 0 Å². The van der Waals surface area contributed by atoms with E-state index < -0.39 is 22.1 Å². The van der Waals surface area contributed by atoms with E-state index in [2.05, 4.69) is 27.7 Å². The van der Waals surface area contributed by atoms with Crippen molar-refractivity contribution in [2.45, 2.75) is 118 Å². The number of fused-ring (bicyclic) bond motifs is 4. The minimum atomic E-state index is -3.59. The van der Waals surface area contributed by atoms with E-state index in [0.29, 0.717) is 34.2 Å². The van der Waals surface area contributed by atoms with Gasteiger partial charge in [-0.3, -0.25) is 4.18 Å². The molecule has 0 radical (unpaired) electrons. The molecule has 0 amide bonds. The van der Waals surface area contributed by atoms with Crippen LogP contribution in [-0.4, -0.2) is 34.0 Å². The average Bonchev–Trinajstić information content (AvgIpc) is 3.28. The molecule has 208 valence electrons. The Bertz CT molecular complexity index is 976. The summed E-state index contributed by atoms with van der Waals surface area (Å²) in [5, 5.41) is 0. The topological polar surface area (TPSA) is 52.6 Å². The van der Waals surface area contributed by atoms with E-state index in [-0.39, 0.29) is 5.92 Å². The number of hydrogen-bond acceptors (Lipinski definition) is 4. The maximum Gasteiger partial charge on any atom is 0.264 e. The van der Waals surface area contributed by atoms with Gasteiger partial charge in [0, 0.05) is 13.9 Å². The van der Waals surface area contributed by atoms with Crippen molar-refractivity contribution in [3.05, 3.63) is 0 Å². The molecule has 5 rings (SSSR count). The fourth-order valence-corrected chi connectivity index (χ4v) is 12.3. The molecule has 5 fully saturated rings. The molecule has 0 aromatic rings. The molecule has 0 heterocycles. The standard InChI is InChI=1S/C31H54O4S/c1-9-22(19(2)3)27(35-36(8,32)33)16-20(4)24-10-11-25-23-17-28(34-7)31-18-21(31)12-15-30(31,6)26(23)13-14-29(24,25)5/h19-28H,9-18H2,1-8H3/t20-,21?,22+,23+,24-,25+,26+,27?,28?,29-,30-,31?/m1/s1/i19D. The number of methoxy groups -OCH3 is 1. The molecule has 4 nitrogen and oxygen atoms in total. The summed E-state index contributed by atoms with van der Waals surface area (Å²) in [5.74, 6) is 3.35. The predicted octanol–water partition coefficient (Wildman–Crippen LogP) is 7.32. The van der Waals surface area contributed by atoms with Gasteiger partial charge in [0.1, 0.15) is 0 Å². The van der Waals surface area contributed by atoms with Gasteiger partial charge in [0.2, 0.25) is 0 Å². The van der Waals surface area contributed by atoms with Crippen molar-refractivity contribution in [3.8, 4) is 0 Å². The summed E-state index contributed by atoms with van der Waals surface area (Å²) in [6.07, 6.45) is 13.3. The van der Waals surface area contributed by atoms with Gasteiger partial charge in [0.25, 0.3) is 10.1 Å². The monoisotopic (exact) mass is 523 g/mol. The third kappa shape index (κ3) is 3.98. The van der Waals surface area contributed by atoms with E-state index in [1.54, 1.807) is 0 Å². The Hall–Kier alpha value is -0.130. The van der Waals surface area contributed by atoms with E-state index in [1.165, 1.54) is 57.6 Å². The Kier molecular flexibility index (Phi) is 6.69. The maximum atomic E-state index is 12.3. The van der Waals surface area contributed by atoms with Crippen LogP contribution in [0.3, 0.4) is 0 Å². The zero-order valence-corrected chi connectivity index (χ0v) is 25.1. The zero-order chi connectivity index (χ0) is 27.2. The Morgan fingerprint density at radius 2 is 1.78 bits per heavy atom. The summed E-state index contributed by atoms with van der Waals surface area (Å²) >= 11 is 0. The summed E-state index contributed by atoms with van der Waals surface area (Å²) in [6.45, 7) is 13.4. The second kappa shape index (κ2) is 9.22. The first-order chi connectivity index (χ1) is 17.1. The average molecular weight is 524 g/mol. The number of ether oxygens (including phenoxy) is 1. The van der Waals surface area contributed by atoms with Crippen molar-refractivity contribution in [2.24, 2.45) is 63.6 Å². The Morgan fingerprint density at radius 1 is 1.06 bits per heavy atom. The molecular formula is C31H54O4S. The smallest absolute Gasteiger partial charge is 0.264 e. The van der Waals surface area contributed by atoms with Gasteiger partial charge in [0.15, 0.2) is 0 Å². The van der Waals surface area contributed by atoms with Crippen LogP contribution in [0.2, 0.25) is 0 Å². The first kappa shape index (κ1) is 26.1. The maximum absolute atomic E-state index is 12.3. The zero-order valence-electron chi connectivity index (χ0n) is 25.3. The molecule has 0 aromatic carbocycles. The van der Waals surface area contributed by atoms with Gasteiger partial charge in [-0.25, -0.2) is 0 Å². The van der Waals surface area contributed by atoms with Gasteiger partial charge < -0.3 is 4.74 Å². The summed E-state index contributed by atoms with van der Waals surface area (Å²) in [5.41, 5.74) is 1.22. The SMILES string of the molecule is [2H]C(C)(C)[C@H](CC)C(C[C@@H](C)[C@H]1CC[C@H]2[C@@H]3CC(OC)C45CC4CC[C@]5(C)[C@H]3CC[C@]12C)OS(C)(=O)=O. The lowest BCUT2D eigenvalue weighted by atomic mass is 9.45. The first-order valence-corrected chi connectivity index (χ1v) is 16.8. The molecule has 5 aliphatic carbocycles. The molecule has 5 heteroatoms. The Labute approximate surface area is 223 Å². The highest BCUT2D eigenvalue weighted by Gasteiger charge is 2.77. The molecule has 12 atom stereocenters. The van der Waals surface area contributed by atoms with Crippen molar-refractivity contribution in [1.29, 1.82) is 0 Å². The van der Waals surface area contributed by atoms with Gasteiger partial charge >= 0.3 is 0 Å². The summed E-state index contributed by atoms with van der Waals surface area (Å²) < 4.78 is 45.3. The molecule has 36 heavy (non-hydrogen) atoms. The van der Waals surface area contributed by atoms with Crippen molar-refractivity contribution in [1.82, 2.24) is 0 Å². The van der Waals surface area contributed by atoms with Gasteiger partial charge in [-0.15, -0.1) is 0 Å². The molecule has 0 aromatic heterocycles. The fraction of sp³-hybridized carbons (Fsp3) is 1.00. The summed E-state index contributed by atoms with van der Waals surface area (Å²) in [4.78, 5) is 0. The lowest BCUT2D eigenvalue weighted by Gasteiger charge is -2.61. The van der Waals surface area contributed by atoms with Crippen LogP contribution in [0.4, 0.5) is 0 Å². The molecule has 0 N–H and O–H groups in total. The van der Waals surface area contributed by atoms with E-state index in [0.717, 1.165) is 36.5 Å². The highest BCUT2D eigenvalue weighted by molar-refractivity contribution is 7.86. The minimum absolute atomic E-state index is 0.115.